The van der Waals surface area contributed by atoms with E-state index in [4.69, 9.17) is 5.11 Å². The van der Waals surface area contributed by atoms with Crippen LogP contribution in [0.4, 0.5) is 0 Å². The van der Waals surface area contributed by atoms with Crippen LogP contribution in [0.3, 0.4) is 0 Å². The van der Waals surface area contributed by atoms with Crippen LogP contribution in [0.25, 0.3) is 0 Å². The van der Waals surface area contributed by atoms with Gasteiger partial charge in [-0.1, -0.05) is 19.1 Å². The summed E-state index contributed by atoms with van der Waals surface area (Å²) in [6.07, 6.45) is 0.497. The van der Waals surface area contributed by atoms with Gasteiger partial charge in [-0.3, -0.25) is 0 Å². The predicted molar refractivity (Wildman–Crippen MR) is 77.0 cm³/mol. The minimum absolute atomic E-state index is 0.178. The second kappa shape index (κ2) is 8.53. The van der Waals surface area contributed by atoms with Gasteiger partial charge in [0.05, 0.1) is 12.7 Å². The van der Waals surface area contributed by atoms with Gasteiger partial charge in [0.25, 0.3) is 0 Å². The van der Waals surface area contributed by atoms with Crippen LogP contribution in [0.2, 0.25) is 0 Å². The van der Waals surface area contributed by atoms with E-state index in [0.29, 0.717) is 11.8 Å². The van der Waals surface area contributed by atoms with Crippen molar-refractivity contribution in [1.82, 2.24) is 5.32 Å². The van der Waals surface area contributed by atoms with Gasteiger partial charge in [0.15, 0.2) is 0 Å². The molecule has 1 aromatic rings. The SMILES string of the molecule is CCCNC(C)c1ccc(SCC(O)CO)cc1. The average Bonchev–Trinajstić information content (AvgIpc) is 2.42. The van der Waals surface area contributed by atoms with Gasteiger partial charge >= 0.3 is 0 Å². The van der Waals surface area contributed by atoms with Crippen LogP contribution in [0.5, 0.6) is 0 Å². The number of hydrogen-bond acceptors (Lipinski definition) is 4. The second-order valence-corrected chi connectivity index (χ2v) is 5.49. The van der Waals surface area contributed by atoms with Crippen LogP contribution in [-0.2, 0) is 0 Å². The van der Waals surface area contributed by atoms with Crippen molar-refractivity contribution in [3.8, 4) is 0 Å². The monoisotopic (exact) mass is 269 g/mol. The van der Waals surface area contributed by atoms with Crippen molar-refractivity contribution in [1.29, 1.82) is 0 Å². The Kier molecular flexibility index (Phi) is 7.35. The highest BCUT2D eigenvalue weighted by Gasteiger charge is 2.05. The molecule has 0 spiro atoms. The molecule has 0 fully saturated rings. The molecule has 18 heavy (non-hydrogen) atoms. The van der Waals surface area contributed by atoms with Gasteiger partial charge in [0, 0.05) is 16.7 Å². The maximum Gasteiger partial charge on any atom is 0.0864 e. The topological polar surface area (TPSA) is 52.5 Å². The van der Waals surface area contributed by atoms with E-state index in [2.05, 4.69) is 43.4 Å². The van der Waals surface area contributed by atoms with Crippen molar-refractivity contribution < 1.29 is 10.2 Å². The molecular formula is C14H23NO2S. The summed E-state index contributed by atoms with van der Waals surface area (Å²) in [7, 11) is 0. The number of benzene rings is 1. The van der Waals surface area contributed by atoms with Gasteiger partial charge < -0.3 is 15.5 Å². The van der Waals surface area contributed by atoms with Gasteiger partial charge in [-0.2, -0.15) is 0 Å². The third-order valence-electron chi connectivity index (χ3n) is 2.73. The molecule has 0 amide bonds. The smallest absolute Gasteiger partial charge is 0.0864 e. The summed E-state index contributed by atoms with van der Waals surface area (Å²) in [4.78, 5) is 1.12. The average molecular weight is 269 g/mol. The fourth-order valence-corrected chi connectivity index (χ4v) is 2.40. The molecule has 0 bridgehead atoms. The molecule has 0 radical (unpaired) electrons. The molecule has 4 heteroatoms. The molecule has 2 atom stereocenters. The molecule has 0 aliphatic carbocycles. The highest BCUT2D eigenvalue weighted by Crippen LogP contribution is 2.21. The number of rotatable bonds is 8. The van der Waals surface area contributed by atoms with E-state index in [1.54, 1.807) is 11.8 Å². The number of aliphatic hydroxyl groups is 2. The lowest BCUT2D eigenvalue weighted by Crippen LogP contribution is -2.19. The largest absolute Gasteiger partial charge is 0.394 e. The normalized spacial score (nSPS) is 14.4. The third kappa shape index (κ3) is 5.40. The Morgan fingerprint density at radius 1 is 1.28 bits per heavy atom. The molecule has 1 rings (SSSR count). The summed E-state index contributed by atoms with van der Waals surface area (Å²) in [5.74, 6) is 0.527. The lowest BCUT2D eigenvalue weighted by molar-refractivity contribution is 0.113. The van der Waals surface area contributed by atoms with Gasteiger partial charge in [0.1, 0.15) is 0 Å². The van der Waals surface area contributed by atoms with Gasteiger partial charge in [-0.05, 0) is 37.6 Å². The molecule has 1 aromatic carbocycles. The van der Waals surface area contributed by atoms with Gasteiger partial charge in [-0.15, -0.1) is 11.8 Å². The summed E-state index contributed by atoms with van der Waals surface area (Å²) >= 11 is 1.56. The van der Waals surface area contributed by atoms with Crippen LogP contribution in [0, 0.1) is 0 Å². The Morgan fingerprint density at radius 3 is 2.50 bits per heavy atom. The molecule has 0 heterocycles. The van der Waals surface area contributed by atoms with Crippen LogP contribution < -0.4 is 5.32 Å². The maximum absolute atomic E-state index is 9.28. The summed E-state index contributed by atoms with van der Waals surface area (Å²) in [5.41, 5.74) is 1.27. The predicted octanol–water partition coefficient (Wildman–Crippen LogP) is 2.19. The van der Waals surface area contributed by atoms with Crippen LogP contribution in [-0.4, -0.2) is 35.2 Å². The van der Waals surface area contributed by atoms with E-state index in [1.807, 2.05) is 0 Å². The summed E-state index contributed by atoms with van der Waals surface area (Å²) < 4.78 is 0. The Balaban J connectivity index is 2.46. The molecule has 3 nitrogen and oxygen atoms in total. The zero-order valence-electron chi connectivity index (χ0n) is 11.1. The van der Waals surface area contributed by atoms with Gasteiger partial charge in [0.2, 0.25) is 0 Å². The van der Waals surface area contributed by atoms with Crippen molar-refractivity contribution in [3.05, 3.63) is 29.8 Å². The molecule has 2 unspecified atom stereocenters. The Bertz CT molecular complexity index is 329. The highest BCUT2D eigenvalue weighted by atomic mass is 32.2. The van der Waals surface area contributed by atoms with Gasteiger partial charge in [-0.25, -0.2) is 0 Å². The number of nitrogens with one attached hydrogen (secondary N) is 1. The molecule has 0 saturated heterocycles. The molecule has 0 saturated carbocycles. The third-order valence-corrected chi connectivity index (χ3v) is 3.89. The first kappa shape index (κ1) is 15.5. The first-order chi connectivity index (χ1) is 8.67. The standard InChI is InChI=1S/C14H23NO2S/c1-3-8-15-11(2)12-4-6-14(7-5-12)18-10-13(17)9-16/h4-7,11,13,15-17H,3,8-10H2,1-2H3. The van der Waals surface area contributed by atoms with E-state index < -0.39 is 6.10 Å². The zero-order valence-corrected chi connectivity index (χ0v) is 11.9. The maximum atomic E-state index is 9.28. The fourth-order valence-electron chi connectivity index (χ4n) is 1.58. The number of hydrogen-bond donors (Lipinski definition) is 3. The van der Waals surface area contributed by atoms with Crippen LogP contribution in [0.1, 0.15) is 31.9 Å². The first-order valence-corrected chi connectivity index (χ1v) is 7.41. The lowest BCUT2D eigenvalue weighted by Gasteiger charge is -2.14. The minimum atomic E-state index is -0.639. The minimum Gasteiger partial charge on any atom is -0.394 e. The Hall–Kier alpha value is -0.550. The molecule has 102 valence electrons. The summed E-state index contributed by atoms with van der Waals surface area (Å²) in [5, 5.41) is 21.5. The van der Waals surface area contributed by atoms with E-state index in [0.717, 1.165) is 17.9 Å². The highest BCUT2D eigenvalue weighted by molar-refractivity contribution is 7.99. The Morgan fingerprint density at radius 2 is 1.94 bits per heavy atom. The summed E-state index contributed by atoms with van der Waals surface area (Å²) in [6, 6.07) is 8.72. The molecule has 0 aliphatic heterocycles. The van der Waals surface area contributed by atoms with Crippen molar-refractivity contribution in [2.24, 2.45) is 0 Å². The lowest BCUT2D eigenvalue weighted by atomic mass is 10.1. The Labute approximate surface area is 114 Å². The van der Waals surface area contributed by atoms with E-state index in [9.17, 15) is 5.11 Å². The number of aliphatic hydroxyl groups excluding tert-OH is 2. The fraction of sp³-hybridized carbons (Fsp3) is 0.571. The van der Waals surface area contributed by atoms with E-state index >= 15 is 0 Å². The van der Waals surface area contributed by atoms with E-state index in [-0.39, 0.29) is 6.61 Å². The molecular weight excluding hydrogens is 246 g/mol. The number of thioether (sulfide) groups is 1. The molecule has 0 aliphatic rings. The first-order valence-electron chi connectivity index (χ1n) is 6.42. The second-order valence-electron chi connectivity index (χ2n) is 4.39. The van der Waals surface area contributed by atoms with Crippen LogP contribution in [0.15, 0.2) is 29.2 Å². The van der Waals surface area contributed by atoms with Crippen molar-refractivity contribution in [2.45, 2.75) is 37.3 Å². The van der Waals surface area contributed by atoms with Crippen molar-refractivity contribution in [3.63, 3.8) is 0 Å². The zero-order chi connectivity index (χ0) is 13.4. The molecule has 3 N–H and O–H groups in total. The van der Waals surface area contributed by atoms with Crippen molar-refractivity contribution >= 4 is 11.8 Å². The van der Waals surface area contributed by atoms with E-state index in [1.165, 1.54) is 5.56 Å². The van der Waals surface area contributed by atoms with Crippen LogP contribution >= 0.6 is 11.8 Å². The molecule has 0 aromatic heterocycles. The quantitative estimate of drug-likeness (QED) is 0.633. The summed E-state index contributed by atoms with van der Waals surface area (Å²) in [6.45, 7) is 5.17. The van der Waals surface area contributed by atoms with Crippen molar-refractivity contribution in [2.75, 3.05) is 18.9 Å².